The highest BCUT2D eigenvalue weighted by Crippen LogP contribution is 2.17. The molecule has 1 aromatic heterocycles. The Morgan fingerprint density at radius 1 is 1.35 bits per heavy atom. The van der Waals surface area contributed by atoms with Crippen LogP contribution in [0.15, 0.2) is 47.6 Å². The van der Waals surface area contributed by atoms with Crippen molar-refractivity contribution in [1.29, 1.82) is 0 Å². The summed E-state index contributed by atoms with van der Waals surface area (Å²) in [5.74, 6) is -1.09. The molecule has 23 heavy (non-hydrogen) atoms. The molecule has 0 aliphatic rings. The smallest absolute Gasteiger partial charge is 0.335 e. The van der Waals surface area contributed by atoms with E-state index in [2.05, 4.69) is 9.71 Å². The molecule has 0 amide bonds. The molecule has 1 heterocycles. The normalized spacial score (nSPS) is 12.8. The quantitative estimate of drug-likeness (QED) is 0.842. The second-order valence-electron chi connectivity index (χ2n) is 5.37. The fraction of sp³-hybridized carbons (Fsp3) is 0.250. The van der Waals surface area contributed by atoms with E-state index in [4.69, 9.17) is 5.11 Å². The number of hydrogen-bond acceptors (Lipinski definition) is 4. The number of aryl methyl sites for hydroxylation is 1. The number of aromatic nitrogens is 1. The summed E-state index contributed by atoms with van der Waals surface area (Å²) in [4.78, 5) is 15.0. The van der Waals surface area contributed by atoms with Crippen molar-refractivity contribution >= 4 is 16.0 Å². The maximum Gasteiger partial charge on any atom is 0.335 e. The van der Waals surface area contributed by atoms with Gasteiger partial charge in [0.25, 0.3) is 0 Å². The van der Waals surface area contributed by atoms with Crippen LogP contribution in [0.5, 0.6) is 0 Å². The third-order valence-electron chi connectivity index (χ3n) is 3.33. The van der Waals surface area contributed by atoms with E-state index < -0.39 is 16.0 Å². The number of nitrogens with zero attached hydrogens (tertiary/aromatic N) is 1. The molecule has 2 rings (SSSR count). The van der Waals surface area contributed by atoms with Crippen molar-refractivity contribution < 1.29 is 18.3 Å². The van der Waals surface area contributed by atoms with Gasteiger partial charge in [0.05, 0.1) is 10.5 Å². The highest BCUT2D eigenvalue weighted by molar-refractivity contribution is 7.89. The van der Waals surface area contributed by atoms with E-state index in [0.29, 0.717) is 12.0 Å². The van der Waals surface area contributed by atoms with Crippen LogP contribution >= 0.6 is 0 Å². The maximum atomic E-state index is 12.5. The predicted molar refractivity (Wildman–Crippen MR) is 85.9 cm³/mol. The molecule has 2 N–H and O–H groups in total. The van der Waals surface area contributed by atoms with Crippen molar-refractivity contribution in [3.05, 3.63) is 59.4 Å². The molecule has 0 saturated carbocycles. The first-order valence-electron chi connectivity index (χ1n) is 7.05. The molecule has 1 unspecified atom stereocenters. The summed E-state index contributed by atoms with van der Waals surface area (Å²) >= 11 is 0. The van der Waals surface area contributed by atoms with Crippen LogP contribution in [-0.4, -0.2) is 30.5 Å². The minimum atomic E-state index is -3.72. The molecule has 0 saturated heterocycles. The topological polar surface area (TPSA) is 96.4 Å². The molecule has 7 heteroatoms. The van der Waals surface area contributed by atoms with Crippen LogP contribution in [0.4, 0.5) is 0 Å². The highest BCUT2D eigenvalue weighted by atomic mass is 32.2. The highest BCUT2D eigenvalue weighted by Gasteiger charge is 2.20. The van der Waals surface area contributed by atoms with E-state index in [1.54, 1.807) is 32.3 Å². The first-order valence-corrected chi connectivity index (χ1v) is 8.53. The average molecular weight is 334 g/mol. The van der Waals surface area contributed by atoms with E-state index in [-0.39, 0.29) is 16.5 Å². The molecule has 0 spiro atoms. The zero-order valence-corrected chi connectivity index (χ0v) is 13.7. The molecule has 122 valence electrons. The minimum absolute atomic E-state index is 0.0601. The molecule has 1 atom stereocenters. The van der Waals surface area contributed by atoms with Gasteiger partial charge in [-0.15, -0.1) is 0 Å². The number of carbonyl (C=O) groups is 1. The lowest BCUT2D eigenvalue weighted by Gasteiger charge is -2.15. The van der Waals surface area contributed by atoms with Crippen molar-refractivity contribution in [3.63, 3.8) is 0 Å². The van der Waals surface area contributed by atoms with E-state index >= 15 is 0 Å². The van der Waals surface area contributed by atoms with Gasteiger partial charge in [-0.3, -0.25) is 4.98 Å². The van der Waals surface area contributed by atoms with Crippen LogP contribution in [0, 0.1) is 6.92 Å². The molecule has 0 aliphatic carbocycles. The second kappa shape index (κ2) is 6.89. The Balaban J connectivity index is 2.17. The SMILES string of the molecule is Cc1cc(C(=O)O)ccc1S(=O)(=O)NC(C)Cc1cccnc1. The Labute approximate surface area is 135 Å². The zero-order chi connectivity index (χ0) is 17.0. The summed E-state index contributed by atoms with van der Waals surface area (Å²) in [6.45, 7) is 3.35. The number of sulfonamides is 1. The van der Waals surface area contributed by atoms with Crippen LogP contribution in [0.1, 0.15) is 28.4 Å². The van der Waals surface area contributed by atoms with E-state index in [1.165, 1.54) is 18.2 Å². The third kappa shape index (κ3) is 4.37. The fourth-order valence-corrected chi connectivity index (χ4v) is 3.80. The Morgan fingerprint density at radius 3 is 2.65 bits per heavy atom. The van der Waals surface area contributed by atoms with Crippen molar-refractivity contribution in [2.75, 3.05) is 0 Å². The van der Waals surface area contributed by atoms with E-state index in [1.807, 2.05) is 6.07 Å². The summed E-state index contributed by atoms with van der Waals surface area (Å²) in [6, 6.07) is 7.31. The average Bonchev–Trinajstić information content (AvgIpc) is 2.47. The summed E-state index contributed by atoms with van der Waals surface area (Å²) in [6.07, 6.45) is 3.86. The first-order chi connectivity index (χ1) is 10.8. The molecule has 0 fully saturated rings. The van der Waals surface area contributed by atoms with Crippen molar-refractivity contribution in [1.82, 2.24) is 9.71 Å². The maximum absolute atomic E-state index is 12.5. The molecular weight excluding hydrogens is 316 g/mol. The number of pyridine rings is 1. The van der Waals surface area contributed by atoms with Gasteiger partial charge in [-0.1, -0.05) is 6.07 Å². The van der Waals surface area contributed by atoms with Gasteiger partial charge in [-0.05, 0) is 55.7 Å². The van der Waals surface area contributed by atoms with Crippen molar-refractivity contribution in [2.24, 2.45) is 0 Å². The lowest BCUT2D eigenvalue weighted by molar-refractivity contribution is 0.0696. The second-order valence-corrected chi connectivity index (χ2v) is 7.06. The van der Waals surface area contributed by atoms with Crippen LogP contribution in [0.2, 0.25) is 0 Å². The van der Waals surface area contributed by atoms with Gasteiger partial charge in [0, 0.05) is 18.4 Å². The standard InChI is InChI=1S/C16H18N2O4S/c1-11-8-14(16(19)20)5-6-15(11)23(21,22)18-12(2)9-13-4-3-7-17-10-13/h3-8,10,12,18H,9H2,1-2H3,(H,19,20). The Bertz CT molecular complexity index is 804. The number of carboxylic acid groups (broad SMARTS) is 1. The Hall–Kier alpha value is -2.25. The lowest BCUT2D eigenvalue weighted by Crippen LogP contribution is -2.34. The summed E-state index contributed by atoms with van der Waals surface area (Å²) in [5, 5.41) is 8.94. The van der Waals surface area contributed by atoms with E-state index in [9.17, 15) is 13.2 Å². The van der Waals surface area contributed by atoms with Gasteiger partial charge in [0.15, 0.2) is 0 Å². The summed E-state index contributed by atoms with van der Waals surface area (Å²) in [7, 11) is -3.72. The van der Waals surface area contributed by atoms with Crippen LogP contribution < -0.4 is 4.72 Å². The van der Waals surface area contributed by atoms with E-state index in [0.717, 1.165) is 5.56 Å². The number of nitrogens with one attached hydrogen (secondary N) is 1. The molecule has 0 bridgehead atoms. The Morgan fingerprint density at radius 2 is 2.09 bits per heavy atom. The van der Waals surface area contributed by atoms with Gasteiger partial charge in [-0.2, -0.15) is 0 Å². The number of carboxylic acids is 1. The largest absolute Gasteiger partial charge is 0.478 e. The summed E-state index contributed by atoms with van der Waals surface area (Å²) < 4.78 is 27.5. The van der Waals surface area contributed by atoms with Gasteiger partial charge in [0.2, 0.25) is 10.0 Å². The minimum Gasteiger partial charge on any atom is -0.478 e. The molecule has 6 nitrogen and oxygen atoms in total. The third-order valence-corrected chi connectivity index (χ3v) is 5.08. The lowest BCUT2D eigenvalue weighted by atomic mass is 10.1. The predicted octanol–water partition coefficient (Wildman–Crippen LogP) is 2.00. The summed E-state index contributed by atoms with van der Waals surface area (Å²) in [5.41, 5.74) is 1.39. The molecule has 2 aromatic rings. The van der Waals surface area contributed by atoms with Gasteiger partial charge in [-0.25, -0.2) is 17.9 Å². The van der Waals surface area contributed by atoms with Crippen LogP contribution in [0.25, 0.3) is 0 Å². The molecular formula is C16H18N2O4S. The van der Waals surface area contributed by atoms with Crippen molar-refractivity contribution in [2.45, 2.75) is 31.2 Å². The van der Waals surface area contributed by atoms with Gasteiger partial charge >= 0.3 is 5.97 Å². The zero-order valence-electron chi connectivity index (χ0n) is 12.9. The Kier molecular flexibility index (Phi) is 5.12. The van der Waals surface area contributed by atoms with Gasteiger partial charge < -0.3 is 5.11 Å². The van der Waals surface area contributed by atoms with Gasteiger partial charge in [0.1, 0.15) is 0 Å². The van der Waals surface area contributed by atoms with Crippen LogP contribution in [-0.2, 0) is 16.4 Å². The molecule has 0 aliphatic heterocycles. The number of rotatable bonds is 6. The fourth-order valence-electron chi connectivity index (χ4n) is 2.33. The molecule has 1 aromatic carbocycles. The number of benzene rings is 1. The number of hydrogen-bond donors (Lipinski definition) is 2. The monoisotopic (exact) mass is 334 g/mol. The number of aromatic carboxylic acids is 1. The van der Waals surface area contributed by atoms with Crippen LogP contribution in [0.3, 0.4) is 0 Å². The molecule has 0 radical (unpaired) electrons. The first kappa shape index (κ1) is 17.1. The van der Waals surface area contributed by atoms with Crippen molar-refractivity contribution in [3.8, 4) is 0 Å².